The van der Waals surface area contributed by atoms with Crippen molar-refractivity contribution < 1.29 is 9.53 Å². The molecule has 0 unspecified atom stereocenters. The maximum absolute atomic E-state index is 12.4. The number of nitrogens with zero attached hydrogens (tertiary/aromatic N) is 2. The van der Waals surface area contributed by atoms with Crippen LogP contribution in [0.15, 0.2) is 48.5 Å². The highest BCUT2D eigenvalue weighted by molar-refractivity contribution is 7.15. The fourth-order valence-electron chi connectivity index (χ4n) is 2.33. The van der Waals surface area contributed by atoms with E-state index < -0.39 is 0 Å². The van der Waals surface area contributed by atoms with Gasteiger partial charge in [-0.1, -0.05) is 55.8 Å². The number of anilines is 1. The average molecular weight is 402 g/mol. The fourth-order valence-corrected chi connectivity index (χ4v) is 3.10. The van der Waals surface area contributed by atoms with E-state index >= 15 is 0 Å². The van der Waals surface area contributed by atoms with Gasteiger partial charge in [-0.2, -0.15) is 0 Å². The summed E-state index contributed by atoms with van der Waals surface area (Å²) in [5.74, 6) is 0.482. The fraction of sp³-hybridized carbons (Fsp3) is 0.250. The minimum Gasteiger partial charge on any atom is -0.486 e. The second-order valence-corrected chi connectivity index (χ2v) is 8.52. The van der Waals surface area contributed by atoms with E-state index in [0.717, 1.165) is 0 Å². The van der Waals surface area contributed by atoms with Crippen LogP contribution in [-0.4, -0.2) is 16.1 Å². The molecule has 1 heterocycles. The second-order valence-electron chi connectivity index (χ2n) is 7.03. The van der Waals surface area contributed by atoms with Gasteiger partial charge < -0.3 is 4.74 Å². The number of halogens is 1. The third-order valence-corrected chi connectivity index (χ3v) is 4.94. The first-order valence-electron chi connectivity index (χ1n) is 8.44. The highest BCUT2D eigenvalue weighted by Crippen LogP contribution is 2.23. The first-order valence-corrected chi connectivity index (χ1v) is 9.63. The van der Waals surface area contributed by atoms with Crippen molar-refractivity contribution in [1.82, 2.24) is 10.2 Å². The van der Waals surface area contributed by atoms with Crippen molar-refractivity contribution in [2.24, 2.45) is 0 Å². The van der Waals surface area contributed by atoms with Gasteiger partial charge in [0.25, 0.3) is 5.91 Å². The lowest BCUT2D eigenvalue weighted by molar-refractivity contribution is 0.102. The Balaban J connectivity index is 1.58. The van der Waals surface area contributed by atoms with Crippen LogP contribution in [-0.2, 0) is 12.0 Å². The maximum Gasteiger partial charge on any atom is 0.257 e. The number of nitrogens with one attached hydrogen (secondary N) is 1. The lowest BCUT2D eigenvalue weighted by Crippen LogP contribution is -2.14. The number of ether oxygens (including phenoxy) is 1. The third-order valence-electron chi connectivity index (χ3n) is 3.88. The first kappa shape index (κ1) is 19.3. The van der Waals surface area contributed by atoms with Crippen LogP contribution < -0.4 is 10.1 Å². The standard InChI is InChI=1S/C20H20ClN3O2S/c1-20(2,3)14-6-4-13(5-7-14)18(25)22-19-24-23-17(27-19)12-26-16-10-8-15(21)9-11-16/h4-11H,12H2,1-3H3,(H,22,24,25). The number of rotatable bonds is 5. The Morgan fingerprint density at radius 1 is 1.07 bits per heavy atom. The average Bonchev–Trinajstić information content (AvgIpc) is 3.08. The second kappa shape index (κ2) is 8.06. The summed E-state index contributed by atoms with van der Waals surface area (Å²) < 4.78 is 5.63. The Bertz CT molecular complexity index is 916. The van der Waals surface area contributed by atoms with Gasteiger partial charge in [0, 0.05) is 10.6 Å². The first-order chi connectivity index (χ1) is 12.8. The molecule has 0 radical (unpaired) electrons. The molecule has 1 N–H and O–H groups in total. The van der Waals surface area contributed by atoms with Gasteiger partial charge in [-0.3, -0.25) is 10.1 Å². The number of amides is 1. The van der Waals surface area contributed by atoms with E-state index in [0.29, 0.717) is 26.5 Å². The molecule has 0 spiro atoms. The van der Waals surface area contributed by atoms with Crippen molar-refractivity contribution in [2.75, 3.05) is 5.32 Å². The van der Waals surface area contributed by atoms with Gasteiger partial charge in [-0.15, -0.1) is 10.2 Å². The molecule has 3 rings (SSSR count). The van der Waals surface area contributed by atoms with Crippen molar-refractivity contribution in [2.45, 2.75) is 32.8 Å². The minimum atomic E-state index is -0.211. The van der Waals surface area contributed by atoms with Crippen LogP contribution in [0.2, 0.25) is 5.02 Å². The summed E-state index contributed by atoms with van der Waals surface area (Å²) in [6.45, 7) is 6.68. The summed E-state index contributed by atoms with van der Waals surface area (Å²) in [7, 11) is 0. The van der Waals surface area contributed by atoms with Crippen molar-refractivity contribution in [1.29, 1.82) is 0 Å². The maximum atomic E-state index is 12.4. The van der Waals surface area contributed by atoms with E-state index in [1.54, 1.807) is 24.3 Å². The van der Waals surface area contributed by atoms with Gasteiger partial charge in [0.1, 0.15) is 12.4 Å². The van der Waals surface area contributed by atoms with Crippen LogP contribution in [0.4, 0.5) is 5.13 Å². The largest absolute Gasteiger partial charge is 0.486 e. The van der Waals surface area contributed by atoms with Gasteiger partial charge in [0.15, 0.2) is 5.01 Å². The molecule has 0 saturated carbocycles. The normalized spacial score (nSPS) is 11.3. The number of carbonyl (C=O) groups excluding carboxylic acids is 1. The Hall–Kier alpha value is -2.44. The Morgan fingerprint density at radius 3 is 2.37 bits per heavy atom. The van der Waals surface area contributed by atoms with Crippen LogP contribution in [0.5, 0.6) is 5.75 Å². The van der Waals surface area contributed by atoms with E-state index in [1.165, 1.54) is 16.9 Å². The van der Waals surface area contributed by atoms with Gasteiger partial charge >= 0.3 is 0 Å². The quantitative estimate of drug-likeness (QED) is 0.628. The molecule has 140 valence electrons. The van der Waals surface area contributed by atoms with Crippen LogP contribution in [0.25, 0.3) is 0 Å². The zero-order valence-corrected chi connectivity index (χ0v) is 16.9. The van der Waals surface area contributed by atoms with E-state index in [-0.39, 0.29) is 17.9 Å². The zero-order valence-electron chi connectivity index (χ0n) is 15.3. The molecule has 0 fully saturated rings. The zero-order chi connectivity index (χ0) is 19.4. The molecule has 0 atom stereocenters. The highest BCUT2D eigenvalue weighted by atomic mass is 35.5. The number of hydrogen-bond acceptors (Lipinski definition) is 5. The monoisotopic (exact) mass is 401 g/mol. The minimum absolute atomic E-state index is 0.0488. The predicted molar refractivity (Wildman–Crippen MR) is 109 cm³/mol. The van der Waals surface area contributed by atoms with Gasteiger partial charge in [-0.05, 0) is 47.4 Å². The summed E-state index contributed by atoms with van der Waals surface area (Å²) in [4.78, 5) is 12.4. The van der Waals surface area contributed by atoms with Crippen molar-refractivity contribution in [3.8, 4) is 5.75 Å². The molecule has 2 aromatic carbocycles. The van der Waals surface area contributed by atoms with E-state index in [9.17, 15) is 4.79 Å². The van der Waals surface area contributed by atoms with Gasteiger partial charge in [0.05, 0.1) is 0 Å². The molecule has 1 amide bonds. The lowest BCUT2D eigenvalue weighted by Gasteiger charge is -2.18. The number of benzene rings is 2. The molecular weight excluding hydrogens is 382 g/mol. The molecule has 0 aliphatic carbocycles. The summed E-state index contributed by atoms with van der Waals surface area (Å²) in [6, 6.07) is 14.7. The van der Waals surface area contributed by atoms with Crippen molar-refractivity contribution >= 4 is 34.0 Å². The van der Waals surface area contributed by atoms with E-state index in [1.807, 2.05) is 24.3 Å². The predicted octanol–water partition coefficient (Wildman–Crippen LogP) is 5.32. The van der Waals surface area contributed by atoms with Crippen molar-refractivity contribution in [3.63, 3.8) is 0 Å². The molecule has 0 aliphatic rings. The number of aromatic nitrogens is 2. The molecule has 3 aromatic rings. The van der Waals surface area contributed by atoms with Gasteiger partial charge in [-0.25, -0.2) is 0 Å². The van der Waals surface area contributed by atoms with Crippen LogP contribution >= 0.6 is 22.9 Å². The lowest BCUT2D eigenvalue weighted by atomic mass is 9.87. The van der Waals surface area contributed by atoms with E-state index in [4.69, 9.17) is 16.3 Å². The smallest absolute Gasteiger partial charge is 0.257 e. The molecule has 0 aliphatic heterocycles. The molecule has 5 nitrogen and oxygen atoms in total. The molecule has 1 aromatic heterocycles. The summed E-state index contributed by atoms with van der Waals surface area (Å²) in [5.41, 5.74) is 1.81. The molecular formula is C20H20ClN3O2S. The SMILES string of the molecule is CC(C)(C)c1ccc(C(=O)Nc2nnc(COc3ccc(Cl)cc3)s2)cc1. The topological polar surface area (TPSA) is 64.1 Å². The van der Waals surface area contributed by atoms with Gasteiger partial charge in [0.2, 0.25) is 5.13 Å². The molecule has 0 bridgehead atoms. The Morgan fingerprint density at radius 2 is 1.74 bits per heavy atom. The summed E-state index contributed by atoms with van der Waals surface area (Å²) in [5, 5.41) is 12.6. The Labute approximate surface area is 167 Å². The van der Waals surface area contributed by atoms with E-state index in [2.05, 4.69) is 36.3 Å². The summed E-state index contributed by atoms with van der Waals surface area (Å²) >= 11 is 7.13. The van der Waals surface area contributed by atoms with Crippen LogP contribution in [0, 0.1) is 0 Å². The third kappa shape index (κ3) is 5.28. The molecule has 0 saturated heterocycles. The molecule has 27 heavy (non-hydrogen) atoms. The highest BCUT2D eigenvalue weighted by Gasteiger charge is 2.15. The summed E-state index contributed by atoms with van der Waals surface area (Å²) in [6.07, 6.45) is 0. The Kier molecular flexibility index (Phi) is 5.77. The number of hydrogen-bond donors (Lipinski definition) is 1. The van der Waals surface area contributed by atoms with Crippen LogP contribution in [0.3, 0.4) is 0 Å². The number of carbonyl (C=O) groups is 1. The van der Waals surface area contributed by atoms with Crippen LogP contribution in [0.1, 0.15) is 41.7 Å². The molecule has 7 heteroatoms. The van der Waals surface area contributed by atoms with Crippen molar-refractivity contribution in [3.05, 3.63) is 69.7 Å².